The van der Waals surface area contributed by atoms with Crippen LogP contribution in [0.25, 0.3) is 0 Å². The molecular formula is C27H24F3NO4S. The lowest BCUT2D eigenvalue weighted by Crippen LogP contribution is -2.44. The average Bonchev–Trinajstić information content (AvgIpc) is 3.32. The van der Waals surface area contributed by atoms with Gasteiger partial charge in [0.15, 0.2) is 0 Å². The molecule has 0 aliphatic carbocycles. The Hall–Kier alpha value is -3.46. The number of hydrogen-bond donors (Lipinski definition) is 0. The Balaban J connectivity index is 1.67. The van der Waals surface area contributed by atoms with Gasteiger partial charge in [0.2, 0.25) is 0 Å². The normalized spacial score (nSPS) is 17.6. The van der Waals surface area contributed by atoms with Gasteiger partial charge in [-0.25, -0.2) is 4.79 Å². The van der Waals surface area contributed by atoms with Crippen LogP contribution in [0.5, 0.6) is 11.5 Å². The maximum atomic E-state index is 13.6. The van der Waals surface area contributed by atoms with Crippen LogP contribution in [0.15, 0.2) is 78.9 Å². The zero-order valence-electron chi connectivity index (χ0n) is 19.4. The van der Waals surface area contributed by atoms with Gasteiger partial charge >= 0.3 is 12.1 Å². The van der Waals surface area contributed by atoms with E-state index in [1.165, 1.54) is 28.8 Å². The van der Waals surface area contributed by atoms with Crippen molar-refractivity contribution in [2.45, 2.75) is 30.9 Å². The highest BCUT2D eigenvalue weighted by atomic mass is 32.2. The molecule has 2 unspecified atom stereocenters. The van der Waals surface area contributed by atoms with Crippen molar-refractivity contribution >= 4 is 23.6 Å². The first-order valence-electron chi connectivity index (χ1n) is 11.4. The van der Waals surface area contributed by atoms with E-state index in [0.717, 1.165) is 12.1 Å². The van der Waals surface area contributed by atoms with E-state index in [-0.39, 0.29) is 17.9 Å². The summed E-state index contributed by atoms with van der Waals surface area (Å²) in [6.07, 6.45) is -3.99. The summed E-state index contributed by atoms with van der Waals surface area (Å²) in [6.45, 7) is 2.04. The van der Waals surface area contributed by atoms with E-state index in [9.17, 15) is 22.8 Å². The zero-order chi connectivity index (χ0) is 25.7. The van der Waals surface area contributed by atoms with Crippen LogP contribution in [0.2, 0.25) is 0 Å². The number of hydrogen-bond acceptors (Lipinski definition) is 5. The van der Waals surface area contributed by atoms with Gasteiger partial charge in [-0.1, -0.05) is 43.3 Å². The number of ether oxygens (including phenoxy) is 2. The van der Waals surface area contributed by atoms with Gasteiger partial charge in [-0.05, 0) is 54.4 Å². The van der Waals surface area contributed by atoms with E-state index in [1.54, 1.807) is 36.4 Å². The molecule has 188 valence electrons. The summed E-state index contributed by atoms with van der Waals surface area (Å²) in [5.74, 6) is 0.157. The van der Waals surface area contributed by atoms with Crippen molar-refractivity contribution in [1.82, 2.24) is 4.90 Å². The van der Waals surface area contributed by atoms with Crippen molar-refractivity contribution in [1.29, 1.82) is 0 Å². The smallest absolute Gasteiger partial charge is 0.416 e. The highest BCUT2D eigenvalue weighted by molar-refractivity contribution is 7.99. The molecule has 9 heteroatoms. The molecule has 5 nitrogen and oxygen atoms in total. The predicted molar refractivity (Wildman–Crippen MR) is 131 cm³/mol. The number of thioether (sulfide) groups is 1. The number of halogens is 3. The van der Waals surface area contributed by atoms with Gasteiger partial charge in [0.25, 0.3) is 5.91 Å². The van der Waals surface area contributed by atoms with Crippen molar-refractivity contribution in [3.8, 4) is 11.5 Å². The highest BCUT2D eigenvalue weighted by Gasteiger charge is 2.44. The minimum atomic E-state index is -4.60. The van der Waals surface area contributed by atoms with E-state index >= 15 is 0 Å². The Morgan fingerprint density at radius 1 is 0.972 bits per heavy atom. The number of benzene rings is 3. The molecule has 36 heavy (non-hydrogen) atoms. The fourth-order valence-electron chi connectivity index (χ4n) is 3.83. The molecule has 2 atom stereocenters. The molecule has 1 heterocycles. The summed E-state index contributed by atoms with van der Waals surface area (Å²) >= 11 is 1.35. The first-order valence-corrected chi connectivity index (χ1v) is 12.4. The second-order valence-corrected chi connectivity index (χ2v) is 9.26. The van der Waals surface area contributed by atoms with Crippen LogP contribution in [0, 0.1) is 0 Å². The molecule has 1 aliphatic heterocycles. The maximum absolute atomic E-state index is 13.6. The second-order valence-electron chi connectivity index (χ2n) is 8.15. The molecule has 0 aromatic heterocycles. The molecule has 1 amide bonds. The summed E-state index contributed by atoms with van der Waals surface area (Å²) in [5, 5.41) is -0.620. The number of carbonyl (C=O) groups excluding carboxylic acids is 2. The molecule has 0 radical (unpaired) electrons. The zero-order valence-corrected chi connectivity index (χ0v) is 20.2. The quantitative estimate of drug-likeness (QED) is 0.328. The SMILES string of the molecule is CCCOC(=O)C1CSC(c2cccc(Oc3ccccc3)c2)N1C(=O)c1cccc(C(F)(F)F)c1. The standard InChI is InChI=1S/C27H24F3NO4S/c1-2-14-34-26(33)23-17-36-25(19-9-7-13-22(16-19)35-21-11-4-3-5-12-21)31(23)24(32)18-8-6-10-20(15-18)27(28,29)30/h3-13,15-16,23,25H,2,14,17H2,1H3. The molecule has 3 aromatic rings. The molecular weight excluding hydrogens is 491 g/mol. The van der Waals surface area contributed by atoms with Crippen molar-refractivity contribution in [2.75, 3.05) is 12.4 Å². The van der Waals surface area contributed by atoms with Crippen LogP contribution in [0.1, 0.15) is 40.2 Å². The molecule has 0 N–H and O–H groups in total. The lowest BCUT2D eigenvalue weighted by atomic mass is 10.1. The third-order valence-corrected chi connectivity index (χ3v) is 6.84. The van der Waals surface area contributed by atoms with Crippen LogP contribution in [-0.2, 0) is 15.7 Å². The maximum Gasteiger partial charge on any atom is 0.416 e. The Bertz CT molecular complexity index is 1220. The molecule has 0 bridgehead atoms. The van der Waals surface area contributed by atoms with Gasteiger partial charge in [-0.15, -0.1) is 11.8 Å². The molecule has 1 fully saturated rings. The highest BCUT2D eigenvalue weighted by Crippen LogP contribution is 2.44. The number of alkyl halides is 3. The van der Waals surface area contributed by atoms with Crippen molar-refractivity contribution < 1.29 is 32.2 Å². The fourth-order valence-corrected chi connectivity index (χ4v) is 5.23. The van der Waals surface area contributed by atoms with Gasteiger partial charge in [0, 0.05) is 11.3 Å². The molecule has 0 saturated carbocycles. The van der Waals surface area contributed by atoms with Gasteiger partial charge in [0.1, 0.15) is 22.9 Å². The largest absolute Gasteiger partial charge is 0.464 e. The number of amides is 1. The topological polar surface area (TPSA) is 55.8 Å². The Morgan fingerprint density at radius 3 is 2.42 bits per heavy atom. The van der Waals surface area contributed by atoms with Crippen LogP contribution in [0.4, 0.5) is 13.2 Å². The first-order chi connectivity index (χ1) is 17.3. The van der Waals surface area contributed by atoms with Crippen LogP contribution in [0.3, 0.4) is 0 Å². The minimum Gasteiger partial charge on any atom is -0.464 e. The summed E-state index contributed by atoms with van der Waals surface area (Å²) < 4.78 is 51.1. The van der Waals surface area contributed by atoms with Gasteiger partial charge in [-0.3, -0.25) is 4.79 Å². The summed E-state index contributed by atoms with van der Waals surface area (Å²) in [5.41, 5.74) is -0.401. The second kappa shape index (κ2) is 11.1. The summed E-state index contributed by atoms with van der Waals surface area (Å²) in [4.78, 5) is 27.7. The minimum absolute atomic E-state index is 0.151. The van der Waals surface area contributed by atoms with Crippen molar-refractivity contribution in [3.63, 3.8) is 0 Å². The third-order valence-electron chi connectivity index (χ3n) is 5.51. The summed E-state index contributed by atoms with van der Waals surface area (Å²) in [7, 11) is 0. The molecule has 1 aliphatic rings. The van der Waals surface area contributed by atoms with E-state index < -0.39 is 35.0 Å². The van der Waals surface area contributed by atoms with Crippen LogP contribution >= 0.6 is 11.8 Å². The first kappa shape index (κ1) is 25.6. The Labute approximate surface area is 211 Å². The van der Waals surface area contributed by atoms with Crippen LogP contribution in [-0.4, -0.2) is 35.2 Å². The molecule has 3 aromatic carbocycles. The van der Waals surface area contributed by atoms with E-state index in [0.29, 0.717) is 23.5 Å². The fraction of sp³-hybridized carbons (Fsp3) is 0.259. The lowest BCUT2D eigenvalue weighted by Gasteiger charge is -2.29. The van der Waals surface area contributed by atoms with Gasteiger partial charge in [0.05, 0.1) is 12.2 Å². The predicted octanol–water partition coefficient (Wildman–Crippen LogP) is 6.71. The van der Waals surface area contributed by atoms with E-state index in [1.807, 2.05) is 25.1 Å². The molecule has 1 saturated heterocycles. The Kier molecular flexibility index (Phi) is 7.88. The number of carbonyl (C=O) groups is 2. The average molecular weight is 516 g/mol. The number of nitrogens with zero attached hydrogens (tertiary/aromatic N) is 1. The van der Waals surface area contributed by atoms with Crippen LogP contribution < -0.4 is 4.74 Å². The summed E-state index contributed by atoms with van der Waals surface area (Å²) in [6, 6.07) is 19.5. The van der Waals surface area contributed by atoms with E-state index in [2.05, 4.69) is 0 Å². The van der Waals surface area contributed by atoms with Crippen molar-refractivity contribution in [2.24, 2.45) is 0 Å². The Morgan fingerprint density at radius 2 is 1.69 bits per heavy atom. The van der Waals surface area contributed by atoms with Gasteiger partial charge < -0.3 is 14.4 Å². The van der Waals surface area contributed by atoms with Gasteiger partial charge in [-0.2, -0.15) is 13.2 Å². The van der Waals surface area contributed by atoms with E-state index in [4.69, 9.17) is 9.47 Å². The monoisotopic (exact) mass is 515 g/mol. The van der Waals surface area contributed by atoms with Crippen molar-refractivity contribution in [3.05, 3.63) is 95.6 Å². The number of esters is 1. The number of para-hydroxylation sites is 1. The third kappa shape index (κ3) is 5.84. The molecule has 0 spiro atoms. The lowest BCUT2D eigenvalue weighted by molar-refractivity contribution is -0.148. The number of rotatable bonds is 7. The molecule has 4 rings (SSSR count).